The molecule has 2 aliphatic heterocycles. The summed E-state index contributed by atoms with van der Waals surface area (Å²) in [6, 6.07) is 18.6. The summed E-state index contributed by atoms with van der Waals surface area (Å²) in [5.41, 5.74) is 4.41. The number of nitrogens with zero attached hydrogens (tertiary/aromatic N) is 4. The minimum absolute atomic E-state index is 0.0272. The first kappa shape index (κ1) is 22.5. The normalized spacial score (nSPS) is 16.1. The third-order valence-corrected chi connectivity index (χ3v) is 7.36. The summed E-state index contributed by atoms with van der Waals surface area (Å²) in [6.07, 6.45) is 5.39. The van der Waals surface area contributed by atoms with Crippen molar-refractivity contribution >= 4 is 28.2 Å². The lowest BCUT2D eigenvalue weighted by atomic mass is 9.95. The van der Waals surface area contributed by atoms with Gasteiger partial charge in [0.1, 0.15) is 11.6 Å². The van der Waals surface area contributed by atoms with E-state index in [1.54, 1.807) is 0 Å². The van der Waals surface area contributed by atoms with Crippen molar-refractivity contribution in [2.75, 3.05) is 25.0 Å². The van der Waals surface area contributed by atoms with Crippen molar-refractivity contribution in [1.29, 1.82) is 0 Å². The van der Waals surface area contributed by atoms with Gasteiger partial charge in [0.2, 0.25) is 5.91 Å². The van der Waals surface area contributed by atoms with Gasteiger partial charge in [0.15, 0.2) is 0 Å². The summed E-state index contributed by atoms with van der Waals surface area (Å²) in [4.78, 5) is 24.4. The molecule has 2 aromatic carbocycles. The molecule has 7 heteroatoms. The van der Waals surface area contributed by atoms with E-state index >= 15 is 0 Å². The molecule has 1 amide bonds. The van der Waals surface area contributed by atoms with Gasteiger partial charge in [0, 0.05) is 54.9 Å². The zero-order valence-corrected chi connectivity index (χ0v) is 20.3. The highest BCUT2D eigenvalue weighted by Gasteiger charge is 2.26. The van der Waals surface area contributed by atoms with Crippen molar-refractivity contribution in [1.82, 2.24) is 24.8 Å². The number of carbonyl (C=O) groups is 1. The largest absolute Gasteiger partial charge is 0.371 e. The minimum Gasteiger partial charge on any atom is -0.371 e. The molecule has 0 saturated carbocycles. The first-order valence-corrected chi connectivity index (χ1v) is 12.6. The Hall–Kier alpha value is -3.97. The third-order valence-electron chi connectivity index (χ3n) is 7.36. The van der Waals surface area contributed by atoms with Crippen LogP contribution in [0.4, 0.5) is 5.82 Å². The zero-order chi connectivity index (χ0) is 24.5. The van der Waals surface area contributed by atoms with Crippen LogP contribution in [-0.2, 0) is 17.9 Å². The fourth-order valence-electron chi connectivity index (χ4n) is 5.25. The quantitative estimate of drug-likeness (QED) is 0.441. The highest BCUT2D eigenvalue weighted by molar-refractivity contribution is 5.95. The van der Waals surface area contributed by atoms with E-state index < -0.39 is 0 Å². The van der Waals surface area contributed by atoms with Crippen molar-refractivity contribution in [2.24, 2.45) is 5.92 Å². The molecule has 4 aromatic rings. The highest BCUT2D eigenvalue weighted by Crippen LogP contribution is 2.28. The molecule has 0 unspecified atom stereocenters. The standard InChI is InChI=1S/C29H30N6O/c1-20(21-5-3-2-4-6-21)34-12-9-22(10-13-34)29(36)33-27-16-25-15-23(7-8-24(25)17-31-27)26-18-32-28-19-30-11-14-35(26)28/h2-8,15-18,22,30H,1,9-14,19H2,(H,31,33,36). The molecule has 4 heterocycles. The van der Waals surface area contributed by atoms with Crippen LogP contribution in [0.2, 0.25) is 0 Å². The van der Waals surface area contributed by atoms with Crippen molar-refractivity contribution in [2.45, 2.75) is 25.9 Å². The van der Waals surface area contributed by atoms with E-state index in [-0.39, 0.29) is 11.8 Å². The first-order chi connectivity index (χ1) is 17.7. The lowest BCUT2D eigenvalue weighted by Gasteiger charge is -2.34. The van der Waals surface area contributed by atoms with Gasteiger partial charge in [-0.3, -0.25) is 4.79 Å². The molecule has 1 saturated heterocycles. The van der Waals surface area contributed by atoms with E-state index in [4.69, 9.17) is 0 Å². The van der Waals surface area contributed by atoms with E-state index in [2.05, 4.69) is 67.0 Å². The zero-order valence-electron chi connectivity index (χ0n) is 20.3. The Morgan fingerprint density at radius 3 is 2.64 bits per heavy atom. The van der Waals surface area contributed by atoms with E-state index in [1.165, 1.54) is 0 Å². The monoisotopic (exact) mass is 478 g/mol. The van der Waals surface area contributed by atoms with Gasteiger partial charge in [-0.25, -0.2) is 9.97 Å². The SMILES string of the molecule is C=C(c1ccccc1)N1CCC(C(=O)Nc2cc3cc(-c4cnc5n4CCNC5)ccc3cn2)CC1. The van der Waals surface area contributed by atoms with Crippen LogP contribution >= 0.6 is 0 Å². The summed E-state index contributed by atoms with van der Waals surface area (Å²) in [5, 5.41) is 8.53. The Labute approximate surface area is 210 Å². The summed E-state index contributed by atoms with van der Waals surface area (Å²) in [6.45, 7) is 8.58. The number of anilines is 1. The predicted molar refractivity (Wildman–Crippen MR) is 143 cm³/mol. The van der Waals surface area contributed by atoms with E-state index in [0.29, 0.717) is 5.82 Å². The molecule has 0 atom stereocenters. The molecular weight excluding hydrogens is 448 g/mol. The predicted octanol–water partition coefficient (Wildman–Crippen LogP) is 4.52. The van der Waals surface area contributed by atoms with Crippen LogP contribution in [0.25, 0.3) is 27.7 Å². The number of fused-ring (bicyclic) bond motifs is 2. The maximum atomic E-state index is 13.1. The second-order valence-electron chi connectivity index (χ2n) is 9.58. The molecule has 0 bridgehead atoms. The lowest BCUT2D eigenvalue weighted by Crippen LogP contribution is -2.37. The molecule has 2 aromatic heterocycles. The molecule has 2 N–H and O–H groups in total. The van der Waals surface area contributed by atoms with Gasteiger partial charge in [-0.2, -0.15) is 0 Å². The van der Waals surface area contributed by atoms with E-state index in [1.807, 2.05) is 36.7 Å². The molecule has 0 aliphatic carbocycles. The second kappa shape index (κ2) is 9.59. The number of likely N-dealkylation sites (tertiary alicyclic amines) is 1. The number of imidazole rings is 1. The van der Waals surface area contributed by atoms with Gasteiger partial charge in [-0.1, -0.05) is 49.0 Å². The van der Waals surface area contributed by atoms with E-state index in [9.17, 15) is 4.79 Å². The Bertz CT molecular complexity index is 1420. The molecule has 1 fully saturated rings. The molecule has 6 rings (SSSR count). The smallest absolute Gasteiger partial charge is 0.228 e. The molecule has 7 nitrogen and oxygen atoms in total. The number of hydrogen-bond donors (Lipinski definition) is 2. The number of pyridine rings is 1. The van der Waals surface area contributed by atoms with Crippen LogP contribution in [0.5, 0.6) is 0 Å². The van der Waals surface area contributed by atoms with Crippen LogP contribution in [-0.4, -0.2) is 45.0 Å². The van der Waals surface area contributed by atoms with Crippen molar-refractivity contribution in [3.63, 3.8) is 0 Å². The van der Waals surface area contributed by atoms with Gasteiger partial charge in [0.05, 0.1) is 18.4 Å². The average molecular weight is 479 g/mol. The van der Waals surface area contributed by atoms with Crippen molar-refractivity contribution in [3.05, 3.63) is 85.0 Å². The number of carbonyl (C=O) groups excluding carboxylic acids is 1. The molecule has 2 aliphatic rings. The van der Waals surface area contributed by atoms with Crippen LogP contribution in [0, 0.1) is 5.92 Å². The number of aromatic nitrogens is 3. The summed E-state index contributed by atoms with van der Waals surface area (Å²) >= 11 is 0. The van der Waals surface area contributed by atoms with Gasteiger partial charge in [-0.05, 0) is 35.9 Å². The molecule has 36 heavy (non-hydrogen) atoms. The molecule has 0 spiro atoms. The van der Waals surface area contributed by atoms with Crippen LogP contribution in [0.3, 0.4) is 0 Å². The molecule has 0 radical (unpaired) electrons. The number of rotatable bonds is 5. The average Bonchev–Trinajstić information content (AvgIpc) is 3.37. The topological polar surface area (TPSA) is 75.1 Å². The second-order valence-corrected chi connectivity index (χ2v) is 9.58. The summed E-state index contributed by atoms with van der Waals surface area (Å²) < 4.78 is 2.28. The third kappa shape index (κ3) is 4.38. The van der Waals surface area contributed by atoms with Crippen molar-refractivity contribution in [3.8, 4) is 11.3 Å². The Morgan fingerprint density at radius 1 is 0.972 bits per heavy atom. The first-order valence-electron chi connectivity index (χ1n) is 12.6. The van der Waals surface area contributed by atoms with Crippen LogP contribution in [0.15, 0.2) is 73.6 Å². The number of piperidine rings is 1. The Balaban J connectivity index is 1.13. The fourth-order valence-corrected chi connectivity index (χ4v) is 5.25. The van der Waals surface area contributed by atoms with E-state index in [0.717, 1.165) is 84.7 Å². The Morgan fingerprint density at radius 2 is 1.81 bits per heavy atom. The van der Waals surface area contributed by atoms with Gasteiger partial charge >= 0.3 is 0 Å². The summed E-state index contributed by atoms with van der Waals surface area (Å²) in [5.74, 6) is 1.68. The maximum absolute atomic E-state index is 13.1. The number of benzene rings is 2. The fraction of sp³-hybridized carbons (Fsp3) is 0.276. The molecular formula is C29H30N6O. The summed E-state index contributed by atoms with van der Waals surface area (Å²) in [7, 11) is 0. The maximum Gasteiger partial charge on any atom is 0.228 e. The Kier molecular flexibility index (Phi) is 5.99. The lowest BCUT2D eigenvalue weighted by molar-refractivity contribution is -0.121. The number of nitrogens with one attached hydrogen (secondary N) is 2. The van der Waals surface area contributed by atoms with Gasteiger partial charge in [-0.15, -0.1) is 0 Å². The minimum atomic E-state index is -0.0272. The van der Waals surface area contributed by atoms with Crippen molar-refractivity contribution < 1.29 is 4.79 Å². The van der Waals surface area contributed by atoms with Gasteiger partial charge < -0.3 is 20.1 Å². The number of hydrogen-bond acceptors (Lipinski definition) is 5. The van der Waals surface area contributed by atoms with Gasteiger partial charge in [0.25, 0.3) is 0 Å². The molecule has 182 valence electrons. The highest BCUT2D eigenvalue weighted by atomic mass is 16.1. The van der Waals surface area contributed by atoms with Crippen LogP contribution < -0.4 is 10.6 Å². The number of amides is 1. The van der Waals surface area contributed by atoms with Crippen LogP contribution in [0.1, 0.15) is 24.2 Å².